The lowest BCUT2D eigenvalue weighted by molar-refractivity contribution is -0.159. The quantitative estimate of drug-likeness (QED) is 0.544. The monoisotopic (exact) mass is 452 g/mol. The molecule has 0 aromatic heterocycles. The van der Waals surface area contributed by atoms with E-state index in [1.165, 1.54) is 23.2 Å². The maximum Gasteiger partial charge on any atom is 0.422 e. The lowest BCUT2D eigenvalue weighted by atomic mass is 10.0. The molecule has 0 aliphatic rings. The minimum atomic E-state index is -2.11. The van der Waals surface area contributed by atoms with Crippen LogP contribution in [0.5, 0.6) is 0 Å². The molecule has 0 aliphatic carbocycles. The molecule has 2 aromatic rings. The van der Waals surface area contributed by atoms with E-state index in [1.54, 1.807) is 45.0 Å². The van der Waals surface area contributed by atoms with Gasteiger partial charge in [-0.3, -0.25) is 5.43 Å². The van der Waals surface area contributed by atoms with Crippen molar-refractivity contribution in [1.82, 2.24) is 10.4 Å². The number of carbonyl (C=O) groups excluding carboxylic acids is 1. The minimum absolute atomic E-state index is 0.0704. The number of carboxylic acids is 1. The smallest absolute Gasteiger partial charge is 0.422 e. The average molecular weight is 453 g/mol. The number of carbonyl (C=O) groups is 2. The molecule has 0 saturated carbocycles. The maximum atomic E-state index is 14.1. The van der Waals surface area contributed by atoms with E-state index >= 15 is 0 Å². The summed E-state index contributed by atoms with van der Waals surface area (Å²) in [4.78, 5) is 23.5. The van der Waals surface area contributed by atoms with Crippen LogP contribution in [0.3, 0.4) is 0 Å². The maximum absolute atomic E-state index is 14.1. The first-order valence-corrected chi connectivity index (χ1v) is 9.89. The van der Waals surface area contributed by atoms with Gasteiger partial charge < -0.3 is 14.9 Å². The van der Waals surface area contributed by atoms with Crippen LogP contribution >= 0.6 is 11.6 Å². The van der Waals surface area contributed by atoms with Gasteiger partial charge in [0, 0.05) is 17.1 Å². The molecule has 1 amide bonds. The van der Waals surface area contributed by atoms with Crippen LogP contribution in [-0.2, 0) is 16.1 Å². The minimum Gasteiger partial charge on any atom is -0.479 e. The van der Waals surface area contributed by atoms with Crippen LogP contribution in [-0.4, -0.2) is 45.0 Å². The van der Waals surface area contributed by atoms with Crippen LogP contribution < -0.4 is 5.43 Å². The Kier molecular flexibility index (Phi) is 7.64. The van der Waals surface area contributed by atoms with E-state index in [0.29, 0.717) is 21.7 Å². The molecule has 0 fully saturated rings. The number of aliphatic hydroxyl groups is 1. The number of carboxylic acid groups (broad SMARTS) is 1. The first-order valence-electron chi connectivity index (χ1n) is 9.51. The van der Waals surface area contributed by atoms with E-state index in [-0.39, 0.29) is 6.54 Å². The van der Waals surface area contributed by atoms with Crippen molar-refractivity contribution in [3.05, 3.63) is 58.9 Å². The van der Waals surface area contributed by atoms with Crippen molar-refractivity contribution < 1.29 is 28.9 Å². The van der Waals surface area contributed by atoms with Crippen molar-refractivity contribution in [3.63, 3.8) is 0 Å². The largest absolute Gasteiger partial charge is 0.479 e. The molecular formula is C22H26ClFN2O5. The third-order valence-corrected chi connectivity index (χ3v) is 4.41. The number of aliphatic carboxylic acids is 1. The molecule has 0 unspecified atom stereocenters. The van der Waals surface area contributed by atoms with Crippen molar-refractivity contribution in [3.8, 4) is 11.1 Å². The highest BCUT2D eigenvalue weighted by molar-refractivity contribution is 6.30. The number of hydrogen-bond acceptors (Lipinski definition) is 5. The summed E-state index contributed by atoms with van der Waals surface area (Å²) in [5.41, 5.74) is 1.23. The molecule has 3 N–H and O–H groups in total. The van der Waals surface area contributed by atoms with E-state index < -0.39 is 35.6 Å². The van der Waals surface area contributed by atoms with Gasteiger partial charge in [0.2, 0.25) is 0 Å². The fourth-order valence-electron chi connectivity index (χ4n) is 2.73. The molecule has 0 heterocycles. The molecule has 0 aliphatic heterocycles. The van der Waals surface area contributed by atoms with Gasteiger partial charge in [-0.25, -0.2) is 19.0 Å². The Morgan fingerprint density at radius 3 is 2.29 bits per heavy atom. The van der Waals surface area contributed by atoms with Gasteiger partial charge in [-0.1, -0.05) is 35.9 Å². The van der Waals surface area contributed by atoms with Gasteiger partial charge in [0.05, 0.1) is 6.54 Å². The van der Waals surface area contributed by atoms with Gasteiger partial charge in [0.1, 0.15) is 11.4 Å². The molecule has 0 spiro atoms. The Morgan fingerprint density at radius 2 is 1.74 bits per heavy atom. The number of rotatable bonds is 7. The summed E-state index contributed by atoms with van der Waals surface area (Å²) in [6.07, 6.45) is -0.786. The van der Waals surface area contributed by atoms with Gasteiger partial charge in [-0.2, -0.15) is 0 Å². The summed E-state index contributed by atoms with van der Waals surface area (Å²) >= 11 is 5.95. The predicted molar refractivity (Wildman–Crippen MR) is 115 cm³/mol. The number of halogens is 2. The zero-order chi connectivity index (χ0) is 23.4. The Hall–Kier alpha value is -2.68. The summed E-state index contributed by atoms with van der Waals surface area (Å²) in [5.74, 6) is -1.85. The fourth-order valence-corrected chi connectivity index (χ4v) is 2.91. The summed E-state index contributed by atoms with van der Waals surface area (Å²) in [5, 5.41) is 21.0. The number of nitrogens with one attached hydrogen (secondary N) is 1. The molecule has 168 valence electrons. The lowest BCUT2D eigenvalue weighted by Crippen LogP contribution is -2.53. The summed E-state index contributed by atoms with van der Waals surface area (Å²) < 4.78 is 19.3. The zero-order valence-corrected chi connectivity index (χ0v) is 18.5. The summed E-state index contributed by atoms with van der Waals surface area (Å²) in [6.45, 7) is 5.88. The second-order valence-electron chi connectivity index (χ2n) is 8.37. The highest BCUT2D eigenvalue weighted by Crippen LogP contribution is 2.26. The Labute approximate surface area is 185 Å². The van der Waals surface area contributed by atoms with Crippen LogP contribution in [0.4, 0.5) is 9.18 Å². The lowest BCUT2D eigenvalue weighted by Gasteiger charge is -2.30. The zero-order valence-electron chi connectivity index (χ0n) is 17.8. The topological polar surface area (TPSA) is 99.1 Å². The highest BCUT2D eigenvalue weighted by atomic mass is 35.5. The van der Waals surface area contributed by atoms with Crippen molar-refractivity contribution >= 4 is 23.7 Å². The van der Waals surface area contributed by atoms with Crippen LogP contribution in [0, 0.1) is 5.82 Å². The van der Waals surface area contributed by atoms with E-state index in [0.717, 1.165) is 6.92 Å². The molecule has 7 nitrogen and oxygen atoms in total. The van der Waals surface area contributed by atoms with Crippen molar-refractivity contribution in [1.29, 1.82) is 0 Å². The van der Waals surface area contributed by atoms with Crippen LogP contribution in [0.1, 0.15) is 33.3 Å². The average Bonchev–Trinajstić information content (AvgIpc) is 2.62. The normalized spacial score (nSPS) is 13.5. The van der Waals surface area contributed by atoms with Gasteiger partial charge in [0.15, 0.2) is 5.60 Å². The molecule has 1 atom stereocenters. The Bertz CT molecular complexity index is 942. The standard InChI is InChI=1S/C22H26ClFN2O5/c1-21(2,3)31-20(29)25-26(13-22(4,30)19(27)28)12-14-5-7-15(8-6-14)17-11-16(23)9-10-18(17)24/h5-11,30H,12-13H2,1-4H3,(H,25,29)(H,27,28)/t22-/m1/s1. The predicted octanol–water partition coefficient (Wildman–Crippen LogP) is 4.22. The van der Waals surface area contributed by atoms with Gasteiger partial charge in [-0.05, 0) is 57.0 Å². The third-order valence-electron chi connectivity index (χ3n) is 4.17. The van der Waals surface area contributed by atoms with E-state index in [1.807, 2.05) is 0 Å². The number of hydrogen-bond donors (Lipinski definition) is 3. The number of benzene rings is 2. The van der Waals surface area contributed by atoms with Crippen LogP contribution in [0.15, 0.2) is 42.5 Å². The molecule has 2 aromatic carbocycles. The van der Waals surface area contributed by atoms with Crippen molar-refractivity contribution in [2.24, 2.45) is 0 Å². The van der Waals surface area contributed by atoms with E-state index in [4.69, 9.17) is 16.3 Å². The fraction of sp³-hybridized carbons (Fsp3) is 0.364. The number of amides is 1. The molecule has 0 saturated heterocycles. The molecule has 2 rings (SSSR count). The summed E-state index contributed by atoms with van der Waals surface area (Å²) in [7, 11) is 0. The molecule has 0 bridgehead atoms. The van der Waals surface area contributed by atoms with Gasteiger partial charge >= 0.3 is 12.1 Å². The number of nitrogens with zero attached hydrogens (tertiary/aromatic N) is 1. The number of hydrazine groups is 1. The molecule has 0 radical (unpaired) electrons. The highest BCUT2D eigenvalue weighted by Gasteiger charge is 2.33. The number of ether oxygens (including phenoxy) is 1. The molecular weight excluding hydrogens is 427 g/mol. The second kappa shape index (κ2) is 9.64. The van der Waals surface area contributed by atoms with Crippen molar-refractivity contribution in [2.75, 3.05) is 6.54 Å². The van der Waals surface area contributed by atoms with Crippen LogP contribution in [0.25, 0.3) is 11.1 Å². The Morgan fingerprint density at radius 1 is 1.13 bits per heavy atom. The van der Waals surface area contributed by atoms with Gasteiger partial charge in [-0.15, -0.1) is 0 Å². The van der Waals surface area contributed by atoms with Gasteiger partial charge in [0.25, 0.3) is 0 Å². The SMILES string of the molecule is CC(C)(C)OC(=O)NN(Cc1ccc(-c2cc(Cl)ccc2F)cc1)C[C@@](C)(O)C(=O)O. The Balaban J connectivity index is 2.21. The van der Waals surface area contributed by atoms with Crippen molar-refractivity contribution in [2.45, 2.75) is 45.4 Å². The van der Waals surface area contributed by atoms with E-state index in [2.05, 4.69) is 5.43 Å². The van der Waals surface area contributed by atoms with E-state index in [9.17, 15) is 24.2 Å². The summed E-state index contributed by atoms with van der Waals surface area (Å²) in [6, 6.07) is 11.0. The first-order chi connectivity index (χ1) is 14.3. The second-order valence-corrected chi connectivity index (χ2v) is 8.81. The third kappa shape index (κ3) is 7.50. The van der Waals surface area contributed by atoms with Crippen LogP contribution in [0.2, 0.25) is 5.02 Å². The molecule has 31 heavy (non-hydrogen) atoms. The molecule has 9 heteroatoms. The first kappa shape index (κ1) is 24.6.